The van der Waals surface area contributed by atoms with E-state index in [9.17, 15) is 9.18 Å². The van der Waals surface area contributed by atoms with Crippen molar-refractivity contribution in [2.75, 3.05) is 13.1 Å². The summed E-state index contributed by atoms with van der Waals surface area (Å²) in [6.07, 6.45) is 8.22. The van der Waals surface area contributed by atoms with E-state index in [0.717, 1.165) is 38.1 Å². The van der Waals surface area contributed by atoms with E-state index >= 15 is 0 Å². The van der Waals surface area contributed by atoms with Gasteiger partial charge in [-0.2, -0.15) is 0 Å². The molecule has 7 heteroatoms. The lowest BCUT2D eigenvalue weighted by molar-refractivity contribution is 0.102. The molecule has 1 aliphatic heterocycles. The lowest BCUT2D eigenvalue weighted by atomic mass is 10.1. The number of hydrogen-bond acceptors (Lipinski definition) is 4. The highest BCUT2D eigenvalue weighted by Gasteiger charge is 2.26. The number of carbonyl (C=O) groups excluding carboxylic acids is 1. The molecule has 1 aromatic heterocycles. The number of likely N-dealkylation sites (tertiary alicyclic amines) is 1. The topological polar surface area (TPSA) is 67.4 Å². The van der Waals surface area contributed by atoms with Crippen molar-refractivity contribution in [3.05, 3.63) is 18.2 Å². The van der Waals surface area contributed by atoms with E-state index in [1.54, 1.807) is 0 Å². The van der Waals surface area contributed by atoms with E-state index in [-0.39, 0.29) is 18.1 Å². The Balaban J connectivity index is 1.43. The molecular weight excluding hydrogens is 287 g/mol. The van der Waals surface area contributed by atoms with Crippen molar-refractivity contribution in [2.45, 2.75) is 50.7 Å². The van der Waals surface area contributed by atoms with Gasteiger partial charge in [-0.25, -0.2) is 19.2 Å². The van der Waals surface area contributed by atoms with E-state index in [2.05, 4.69) is 15.3 Å². The molecule has 2 heterocycles. The van der Waals surface area contributed by atoms with Crippen LogP contribution in [0.1, 0.15) is 38.5 Å². The third-order valence-corrected chi connectivity index (χ3v) is 4.28. The van der Waals surface area contributed by atoms with Crippen molar-refractivity contribution < 1.29 is 13.9 Å². The van der Waals surface area contributed by atoms with E-state index in [4.69, 9.17) is 4.74 Å². The summed E-state index contributed by atoms with van der Waals surface area (Å²) in [6.45, 7) is 1.31. The summed E-state index contributed by atoms with van der Waals surface area (Å²) >= 11 is 0. The Morgan fingerprint density at radius 3 is 2.45 bits per heavy atom. The van der Waals surface area contributed by atoms with E-state index < -0.39 is 5.82 Å². The molecule has 2 amide bonds. The summed E-state index contributed by atoms with van der Waals surface area (Å²) in [5, 5.41) is 3.10. The van der Waals surface area contributed by atoms with Gasteiger partial charge in [-0.15, -0.1) is 0 Å². The molecule has 22 heavy (non-hydrogen) atoms. The lowest BCUT2D eigenvalue weighted by Gasteiger charge is -2.32. The van der Waals surface area contributed by atoms with Crippen LogP contribution in [0.4, 0.5) is 9.18 Å². The van der Waals surface area contributed by atoms with Crippen molar-refractivity contribution >= 4 is 6.03 Å². The van der Waals surface area contributed by atoms with Crippen LogP contribution in [0.15, 0.2) is 12.4 Å². The van der Waals surface area contributed by atoms with Crippen LogP contribution in [0.25, 0.3) is 0 Å². The zero-order valence-corrected chi connectivity index (χ0v) is 12.5. The number of nitrogens with zero attached hydrogens (tertiary/aromatic N) is 3. The number of aromatic nitrogens is 2. The van der Waals surface area contributed by atoms with Gasteiger partial charge in [0.1, 0.15) is 6.10 Å². The highest BCUT2D eigenvalue weighted by molar-refractivity contribution is 5.74. The van der Waals surface area contributed by atoms with Gasteiger partial charge in [-0.3, -0.25) is 0 Å². The molecule has 0 unspecified atom stereocenters. The van der Waals surface area contributed by atoms with Crippen molar-refractivity contribution in [2.24, 2.45) is 0 Å². The molecule has 0 radical (unpaired) electrons. The van der Waals surface area contributed by atoms with E-state index in [1.807, 2.05) is 4.90 Å². The molecular formula is C15H21FN4O2. The first-order chi connectivity index (χ1) is 10.7. The van der Waals surface area contributed by atoms with Crippen LogP contribution in [0.2, 0.25) is 0 Å². The average molecular weight is 308 g/mol. The number of carbonyl (C=O) groups is 1. The van der Waals surface area contributed by atoms with Gasteiger partial charge < -0.3 is 15.0 Å². The predicted molar refractivity (Wildman–Crippen MR) is 78.0 cm³/mol. The number of ether oxygens (including phenoxy) is 1. The van der Waals surface area contributed by atoms with Gasteiger partial charge in [-0.05, 0) is 12.8 Å². The fourth-order valence-electron chi connectivity index (χ4n) is 3.02. The van der Waals surface area contributed by atoms with Crippen LogP contribution in [0, 0.1) is 5.82 Å². The minimum Gasteiger partial charge on any atom is -0.460 e. The van der Waals surface area contributed by atoms with Crippen molar-refractivity contribution in [1.82, 2.24) is 20.2 Å². The first kappa shape index (κ1) is 15.0. The third kappa shape index (κ3) is 3.84. The molecule has 1 saturated heterocycles. The molecule has 1 N–H and O–H groups in total. The van der Waals surface area contributed by atoms with Crippen molar-refractivity contribution in [3.8, 4) is 6.01 Å². The van der Waals surface area contributed by atoms with E-state index in [0.29, 0.717) is 19.1 Å². The Morgan fingerprint density at radius 2 is 1.82 bits per heavy atom. The van der Waals surface area contributed by atoms with Gasteiger partial charge >= 0.3 is 12.0 Å². The Hall–Kier alpha value is -1.92. The quantitative estimate of drug-likeness (QED) is 0.928. The van der Waals surface area contributed by atoms with Crippen LogP contribution in [-0.4, -0.2) is 46.1 Å². The minimum atomic E-state index is -0.481. The second-order valence-corrected chi connectivity index (χ2v) is 5.92. The zero-order chi connectivity index (χ0) is 15.4. The Morgan fingerprint density at radius 1 is 1.18 bits per heavy atom. The number of piperidine rings is 1. The first-order valence-electron chi connectivity index (χ1n) is 7.90. The molecule has 120 valence electrons. The molecule has 6 nitrogen and oxygen atoms in total. The Kier molecular flexibility index (Phi) is 4.70. The largest absolute Gasteiger partial charge is 0.460 e. The summed E-state index contributed by atoms with van der Waals surface area (Å²) in [5.74, 6) is -0.481. The number of hydrogen-bond donors (Lipinski definition) is 1. The van der Waals surface area contributed by atoms with Crippen LogP contribution in [-0.2, 0) is 0 Å². The Bertz CT molecular complexity index is 497. The zero-order valence-electron chi connectivity index (χ0n) is 12.5. The predicted octanol–water partition coefficient (Wildman–Crippen LogP) is 2.11. The number of rotatable bonds is 3. The van der Waals surface area contributed by atoms with Gasteiger partial charge in [0.2, 0.25) is 0 Å². The first-order valence-corrected chi connectivity index (χ1v) is 7.90. The van der Waals surface area contributed by atoms with Gasteiger partial charge in [0.15, 0.2) is 5.82 Å². The second-order valence-electron chi connectivity index (χ2n) is 5.92. The minimum absolute atomic E-state index is 0.0269. The molecule has 0 bridgehead atoms. The summed E-state index contributed by atoms with van der Waals surface area (Å²) in [6, 6.07) is 0.563. The summed E-state index contributed by atoms with van der Waals surface area (Å²) in [4.78, 5) is 21.6. The summed E-state index contributed by atoms with van der Waals surface area (Å²) in [7, 11) is 0. The molecule has 1 aliphatic carbocycles. The summed E-state index contributed by atoms with van der Waals surface area (Å²) in [5.41, 5.74) is 0. The third-order valence-electron chi connectivity index (χ3n) is 4.28. The maximum Gasteiger partial charge on any atom is 0.317 e. The molecule has 1 saturated carbocycles. The molecule has 0 atom stereocenters. The molecule has 3 rings (SSSR count). The number of halogens is 1. The van der Waals surface area contributed by atoms with Crippen molar-refractivity contribution in [3.63, 3.8) is 0 Å². The second kappa shape index (κ2) is 6.89. The lowest BCUT2D eigenvalue weighted by Crippen LogP contribution is -2.48. The van der Waals surface area contributed by atoms with Crippen LogP contribution >= 0.6 is 0 Å². The van der Waals surface area contributed by atoms with Gasteiger partial charge in [-0.1, -0.05) is 12.8 Å². The normalized spacial score (nSPS) is 20.1. The van der Waals surface area contributed by atoms with Gasteiger partial charge in [0.05, 0.1) is 12.4 Å². The average Bonchev–Trinajstić information content (AvgIpc) is 3.03. The van der Waals surface area contributed by atoms with Crippen LogP contribution in [0.5, 0.6) is 6.01 Å². The molecule has 2 aliphatic rings. The monoisotopic (exact) mass is 308 g/mol. The van der Waals surface area contributed by atoms with E-state index in [1.165, 1.54) is 12.8 Å². The molecule has 1 aromatic rings. The highest BCUT2D eigenvalue weighted by atomic mass is 19.1. The highest BCUT2D eigenvalue weighted by Crippen LogP contribution is 2.19. The smallest absolute Gasteiger partial charge is 0.317 e. The maximum absolute atomic E-state index is 12.7. The fraction of sp³-hybridized carbons (Fsp3) is 0.667. The number of nitrogens with one attached hydrogen (secondary N) is 1. The van der Waals surface area contributed by atoms with Crippen LogP contribution in [0.3, 0.4) is 0 Å². The standard InChI is InChI=1S/C15H21FN4O2/c16-11-9-17-14(18-10-11)22-13-5-7-20(8-6-13)15(21)19-12-3-1-2-4-12/h9-10,12-13H,1-8H2,(H,19,21). The molecule has 0 spiro atoms. The number of amides is 2. The molecule has 0 aromatic carbocycles. The van der Waals surface area contributed by atoms with Crippen LogP contribution < -0.4 is 10.1 Å². The Labute approximate surface area is 129 Å². The fourth-order valence-corrected chi connectivity index (χ4v) is 3.02. The van der Waals surface area contributed by atoms with Gasteiger partial charge in [0, 0.05) is 32.0 Å². The van der Waals surface area contributed by atoms with Gasteiger partial charge in [0.25, 0.3) is 0 Å². The number of urea groups is 1. The SMILES string of the molecule is O=C(NC1CCCC1)N1CCC(Oc2ncc(F)cn2)CC1. The van der Waals surface area contributed by atoms with Crippen molar-refractivity contribution in [1.29, 1.82) is 0 Å². The molecule has 2 fully saturated rings. The maximum atomic E-state index is 12.7. The summed E-state index contributed by atoms with van der Waals surface area (Å²) < 4.78 is 18.4.